The number of anilines is 1. The first-order valence-corrected chi connectivity index (χ1v) is 10.4. The summed E-state index contributed by atoms with van der Waals surface area (Å²) in [5.74, 6) is 0.721. The van der Waals surface area contributed by atoms with E-state index >= 15 is 0 Å². The molecule has 0 radical (unpaired) electrons. The Morgan fingerprint density at radius 2 is 1.97 bits per heavy atom. The molecule has 0 fully saturated rings. The van der Waals surface area contributed by atoms with Crippen LogP contribution in [0.3, 0.4) is 0 Å². The Labute approximate surface area is 187 Å². The smallest absolute Gasteiger partial charge is 0.338 e. The fourth-order valence-corrected chi connectivity index (χ4v) is 3.56. The highest BCUT2D eigenvalue weighted by Crippen LogP contribution is 2.35. The van der Waals surface area contributed by atoms with E-state index in [-0.39, 0.29) is 6.61 Å². The van der Waals surface area contributed by atoms with Gasteiger partial charge in [-0.05, 0) is 52.7 Å². The van der Waals surface area contributed by atoms with E-state index in [9.17, 15) is 4.79 Å². The van der Waals surface area contributed by atoms with Crippen molar-refractivity contribution in [1.29, 1.82) is 0 Å². The number of ether oxygens (including phenoxy) is 2. The molecule has 0 bridgehead atoms. The Morgan fingerprint density at radius 3 is 2.68 bits per heavy atom. The minimum Gasteiger partial charge on any atom is -0.489 e. The molecule has 0 saturated carbocycles. The second kappa shape index (κ2) is 9.13. The largest absolute Gasteiger partial charge is 0.489 e. The first kappa shape index (κ1) is 20.8. The van der Waals surface area contributed by atoms with Crippen LogP contribution in [0.1, 0.15) is 24.1 Å². The second-order valence-corrected chi connectivity index (χ2v) is 7.80. The molecular weight excluding hydrogens is 462 g/mol. The lowest BCUT2D eigenvalue weighted by Crippen LogP contribution is -2.29. The first-order valence-electron chi connectivity index (χ1n) is 9.57. The molecule has 2 heterocycles. The lowest BCUT2D eigenvalue weighted by atomic mass is 9.96. The highest BCUT2D eigenvalue weighted by Gasteiger charge is 2.34. The number of fused-ring (bicyclic) bond motifs is 1. The molecule has 9 heteroatoms. The van der Waals surface area contributed by atoms with Gasteiger partial charge in [-0.2, -0.15) is 4.68 Å². The van der Waals surface area contributed by atoms with Gasteiger partial charge in [0, 0.05) is 10.2 Å². The molecule has 0 aliphatic carbocycles. The van der Waals surface area contributed by atoms with Gasteiger partial charge in [-0.3, -0.25) is 0 Å². The van der Waals surface area contributed by atoms with E-state index < -0.39 is 12.0 Å². The minimum absolute atomic E-state index is 0.119. The van der Waals surface area contributed by atoms with Gasteiger partial charge < -0.3 is 14.8 Å². The van der Waals surface area contributed by atoms with Crippen LogP contribution in [-0.4, -0.2) is 32.8 Å². The Kier molecular flexibility index (Phi) is 6.13. The number of benzene rings is 2. The number of nitrogens with one attached hydrogen (secondary N) is 1. The van der Waals surface area contributed by atoms with Crippen molar-refractivity contribution in [3.8, 4) is 5.75 Å². The minimum atomic E-state index is -0.524. The van der Waals surface area contributed by atoms with Gasteiger partial charge in [0.1, 0.15) is 25.0 Å². The van der Waals surface area contributed by atoms with Crippen LogP contribution in [0.4, 0.5) is 5.95 Å². The van der Waals surface area contributed by atoms with Crippen LogP contribution in [0.5, 0.6) is 5.75 Å². The molecule has 1 aliphatic heterocycles. The lowest BCUT2D eigenvalue weighted by molar-refractivity contribution is -0.138. The SMILES string of the molecule is C=CCOC(=O)C1=C(C)Nc2nnnn2C1c1ccc(OCc2ccc(Br)cc2)cc1. The summed E-state index contributed by atoms with van der Waals surface area (Å²) in [4.78, 5) is 12.8. The van der Waals surface area contributed by atoms with E-state index in [4.69, 9.17) is 9.47 Å². The normalized spacial score (nSPS) is 15.1. The third-order valence-electron chi connectivity index (χ3n) is 4.78. The molecule has 31 heavy (non-hydrogen) atoms. The van der Waals surface area contributed by atoms with Crippen LogP contribution in [0.2, 0.25) is 0 Å². The molecule has 0 saturated heterocycles. The zero-order valence-corrected chi connectivity index (χ0v) is 18.4. The zero-order chi connectivity index (χ0) is 21.8. The van der Waals surface area contributed by atoms with Crippen LogP contribution in [-0.2, 0) is 16.1 Å². The van der Waals surface area contributed by atoms with E-state index in [1.807, 2.05) is 48.5 Å². The number of hydrogen-bond acceptors (Lipinski definition) is 7. The number of aromatic nitrogens is 4. The van der Waals surface area contributed by atoms with E-state index in [0.29, 0.717) is 29.6 Å². The maximum absolute atomic E-state index is 12.8. The van der Waals surface area contributed by atoms with Crippen LogP contribution in [0, 0.1) is 0 Å². The molecule has 1 atom stereocenters. The number of hydrogen-bond donors (Lipinski definition) is 1. The Hall–Kier alpha value is -3.46. The first-order chi connectivity index (χ1) is 15.1. The third kappa shape index (κ3) is 4.51. The van der Waals surface area contributed by atoms with E-state index in [1.165, 1.54) is 6.08 Å². The number of esters is 1. The summed E-state index contributed by atoms with van der Waals surface area (Å²) in [7, 11) is 0. The van der Waals surface area contributed by atoms with Crippen molar-refractivity contribution in [2.75, 3.05) is 11.9 Å². The molecular formula is C22H20BrN5O3. The van der Waals surface area contributed by atoms with Crippen LogP contribution in [0.25, 0.3) is 0 Å². The van der Waals surface area contributed by atoms with Crippen LogP contribution >= 0.6 is 15.9 Å². The average Bonchev–Trinajstić information content (AvgIpc) is 3.24. The van der Waals surface area contributed by atoms with Gasteiger partial charge in [-0.1, -0.05) is 57.9 Å². The van der Waals surface area contributed by atoms with E-state index in [1.54, 1.807) is 11.6 Å². The molecule has 1 aliphatic rings. The number of halogens is 1. The van der Waals surface area contributed by atoms with Crippen LogP contribution in [0.15, 0.2) is 76.9 Å². The predicted molar refractivity (Wildman–Crippen MR) is 118 cm³/mol. The molecule has 2 aromatic carbocycles. The standard InChI is InChI=1S/C22H20BrN5O3/c1-3-12-30-21(29)19-14(2)24-22-25-26-27-28(22)20(19)16-6-10-18(11-7-16)31-13-15-4-8-17(23)9-5-15/h3-11,20H,1,12-13H2,2H3,(H,24,25,27). The van der Waals surface area contributed by atoms with Gasteiger partial charge in [-0.25, -0.2) is 4.79 Å². The molecule has 3 aromatic rings. The summed E-state index contributed by atoms with van der Waals surface area (Å²) in [5, 5.41) is 14.8. The summed E-state index contributed by atoms with van der Waals surface area (Å²) >= 11 is 3.43. The molecule has 0 spiro atoms. The topological polar surface area (TPSA) is 91.2 Å². The molecule has 1 N–H and O–H groups in total. The van der Waals surface area contributed by atoms with Crippen molar-refractivity contribution >= 4 is 27.8 Å². The highest BCUT2D eigenvalue weighted by molar-refractivity contribution is 9.10. The van der Waals surface area contributed by atoms with Crippen molar-refractivity contribution in [1.82, 2.24) is 20.2 Å². The van der Waals surface area contributed by atoms with Crippen LogP contribution < -0.4 is 10.1 Å². The summed E-state index contributed by atoms with van der Waals surface area (Å²) in [5.41, 5.74) is 2.97. The molecule has 1 aromatic heterocycles. The van der Waals surface area contributed by atoms with Gasteiger partial charge in [0.2, 0.25) is 5.95 Å². The van der Waals surface area contributed by atoms with Gasteiger partial charge in [0.25, 0.3) is 0 Å². The zero-order valence-electron chi connectivity index (χ0n) is 16.8. The average molecular weight is 482 g/mol. The van der Waals surface area contributed by atoms with E-state index in [0.717, 1.165) is 15.6 Å². The fourth-order valence-electron chi connectivity index (χ4n) is 3.29. The predicted octanol–water partition coefficient (Wildman–Crippen LogP) is 4.03. The Balaban J connectivity index is 1.58. The number of carbonyl (C=O) groups excluding carboxylic acids is 1. The summed E-state index contributed by atoms with van der Waals surface area (Å²) in [6.45, 7) is 5.96. The molecule has 1 unspecified atom stereocenters. The molecule has 158 valence electrons. The lowest BCUT2D eigenvalue weighted by Gasteiger charge is -2.27. The number of tetrazole rings is 1. The number of carbonyl (C=O) groups is 1. The third-order valence-corrected chi connectivity index (χ3v) is 5.31. The highest BCUT2D eigenvalue weighted by atomic mass is 79.9. The molecule has 8 nitrogen and oxygen atoms in total. The summed E-state index contributed by atoms with van der Waals surface area (Å²) < 4.78 is 13.8. The monoisotopic (exact) mass is 481 g/mol. The van der Waals surface area contributed by atoms with Crippen molar-refractivity contribution < 1.29 is 14.3 Å². The van der Waals surface area contributed by atoms with Crippen molar-refractivity contribution in [2.24, 2.45) is 0 Å². The quantitative estimate of drug-likeness (QED) is 0.402. The van der Waals surface area contributed by atoms with Gasteiger partial charge >= 0.3 is 5.97 Å². The fraction of sp³-hybridized carbons (Fsp3) is 0.182. The molecule has 4 rings (SSSR count). The maximum Gasteiger partial charge on any atom is 0.338 e. The maximum atomic E-state index is 12.8. The number of rotatable bonds is 7. The second-order valence-electron chi connectivity index (χ2n) is 6.88. The summed E-state index contributed by atoms with van der Waals surface area (Å²) in [6.07, 6.45) is 1.53. The van der Waals surface area contributed by atoms with Crippen molar-refractivity contribution in [3.05, 3.63) is 88.1 Å². The van der Waals surface area contributed by atoms with Gasteiger partial charge in [0.15, 0.2) is 0 Å². The van der Waals surface area contributed by atoms with E-state index in [2.05, 4.69) is 43.4 Å². The Bertz CT molecular complexity index is 1120. The van der Waals surface area contributed by atoms with Gasteiger partial charge in [-0.15, -0.1) is 0 Å². The molecule has 0 amide bonds. The number of allylic oxidation sites excluding steroid dienone is 1. The summed E-state index contributed by atoms with van der Waals surface area (Å²) in [6, 6.07) is 14.9. The van der Waals surface area contributed by atoms with Gasteiger partial charge in [0.05, 0.1) is 5.57 Å². The Morgan fingerprint density at radius 1 is 1.23 bits per heavy atom. The van der Waals surface area contributed by atoms with Crippen molar-refractivity contribution in [2.45, 2.75) is 19.6 Å². The van der Waals surface area contributed by atoms with Crippen molar-refractivity contribution in [3.63, 3.8) is 0 Å². The number of nitrogens with zero attached hydrogens (tertiary/aromatic N) is 4.